The van der Waals surface area contributed by atoms with Gasteiger partial charge in [0.1, 0.15) is 18.2 Å². The van der Waals surface area contributed by atoms with Crippen LogP contribution in [0.5, 0.6) is 5.75 Å². The average Bonchev–Trinajstić information content (AvgIpc) is 2.77. The summed E-state index contributed by atoms with van der Waals surface area (Å²) in [5, 5.41) is 2.73. The van der Waals surface area contributed by atoms with E-state index in [0.717, 1.165) is 0 Å². The van der Waals surface area contributed by atoms with Crippen LogP contribution in [0.3, 0.4) is 0 Å². The first-order valence-corrected chi connectivity index (χ1v) is 10.8. The van der Waals surface area contributed by atoms with Crippen molar-refractivity contribution in [2.24, 2.45) is 0 Å². The van der Waals surface area contributed by atoms with Crippen molar-refractivity contribution < 1.29 is 22.3 Å². The molecule has 0 atom stereocenters. The molecule has 0 unspecified atom stereocenters. The molecule has 0 aromatic heterocycles. The highest BCUT2D eigenvalue weighted by Crippen LogP contribution is 2.19. The van der Waals surface area contributed by atoms with Crippen LogP contribution in [0, 0.1) is 5.82 Å². The summed E-state index contributed by atoms with van der Waals surface area (Å²) in [6.45, 7) is 0.203. The maximum atomic E-state index is 13.2. The van der Waals surface area contributed by atoms with E-state index in [1.807, 2.05) is 0 Å². The van der Waals surface area contributed by atoms with E-state index in [1.54, 1.807) is 54.6 Å². The molecular weight excluding hydrogens is 419 g/mol. The Balaban J connectivity index is 1.58. The van der Waals surface area contributed by atoms with Gasteiger partial charge in [0.05, 0.1) is 4.90 Å². The molecule has 0 saturated heterocycles. The van der Waals surface area contributed by atoms with Gasteiger partial charge >= 0.3 is 0 Å². The Bertz CT molecular complexity index is 1190. The summed E-state index contributed by atoms with van der Waals surface area (Å²) in [7, 11) is -2.16. The van der Waals surface area contributed by atoms with Crippen LogP contribution in [0.4, 0.5) is 10.1 Å². The fourth-order valence-corrected chi connectivity index (χ4v) is 3.42. The van der Waals surface area contributed by atoms with Crippen molar-refractivity contribution in [3.05, 3.63) is 95.8 Å². The number of amides is 1. The second-order valence-corrected chi connectivity index (χ2v) is 8.43. The molecule has 6 nitrogen and oxygen atoms in total. The first kappa shape index (κ1) is 22.2. The summed E-state index contributed by atoms with van der Waals surface area (Å²) >= 11 is 0. The van der Waals surface area contributed by atoms with Crippen molar-refractivity contribution in [3.63, 3.8) is 0 Å². The summed E-state index contributed by atoms with van der Waals surface area (Å²) in [6.07, 6.45) is 2.93. The third-order valence-electron chi connectivity index (χ3n) is 4.28. The molecule has 1 amide bonds. The van der Waals surface area contributed by atoms with Gasteiger partial charge in [0.2, 0.25) is 15.9 Å². The normalized spacial score (nSPS) is 11.4. The molecule has 0 aliphatic rings. The van der Waals surface area contributed by atoms with Crippen LogP contribution >= 0.6 is 0 Å². The molecule has 0 saturated carbocycles. The molecule has 0 bridgehead atoms. The number of ether oxygens (including phenoxy) is 1. The van der Waals surface area contributed by atoms with E-state index in [4.69, 9.17) is 4.74 Å². The average molecular weight is 440 g/mol. The Morgan fingerprint density at radius 2 is 1.77 bits per heavy atom. The number of halogens is 1. The minimum Gasteiger partial charge on any atom is -0.489 e. The van der Waals surface area contributed by atoms with Crippen LogP contribution < -0.4 is 14.8 Å². The highest BCUT2D eigenvalue weighted by Gasteiger charge is 2.09. The minimum atomic E-state index is -3.50. The van der Waals surface area contributed by atoms with Gasteiger partial charge in [-0.25, -0.2) is 17.5 Å². The lowest BCUT2D eigenvalue weighted by atomic mass is 10.2. The van der Waals surface area contributed by atoms with E-state index < -0.39 is 10.0 Å². The van der Waals surface area contributed by atoms with Gasteiger partial charge in [0.15, 0.2) is 0 Å². The summed E-state index contributed by atoms with van der Waals surface area (Å²) in [5.41, 5.74) is 1.92. The van der Waals surface area contributed by atoms with E-state index in [9.17, 15) is 17.6 Å². The Morgan fingerprint density at radius 1 is 1.03 bits per heavy atom. The van der Waals surface area contributed by atoms with Crippen molar-refractivity contribution in [3.8, 4) is 5.75 Å². The molecular formula is C23H21FN2O4S. The van der Waals surface area contributed by atoms with E-state index in [0.29, 0.717) is 22.6 Å². The first-order chi connectivity index (χ1) is 14.9. The SMILES string of the molecule is CNS(=O)(=O)c1ccc(C=CC(=O)Nc2cccc(OCc3cccc(F)c3)c2)cc1. The zero-order chi connectivity index (χ0) is 22.3. The molecule has 0 fully saturated rings. The second kappa shape index (κ2) is 10.0. The standard InChI is InChI=1S/C23H21FN2O4S/c1-25-31(28,29)22-11-8-17(9-12-22)10-13-23(27)26-20-6-3-7-21(15-20)30-16-18-4-2-5-19(24)14-18/h2-15,25H,16H2,1H3,(H,26,27). The number of benzene rings is 3. The van der Waals surface area contributed by atoms with E-state index >= 15 is 0 Å². The van der Waals surface area contributed by atoms with Gasteiger partial charge in [-0.1, -0.05) is 30.3 Å². The number of carbonyl (C=O) groups is 1. The van der Waals surface area contributed by atoms with Gasteiger partial charge < -0.3 is 10.1 Å². The van der Waals surface area contributed by atoms with Crippen LogP contribution in [-0.4, -0.2) is 21.4 Å². The third kappa shape index (κ3) is 6.50. The smallest absolute Gasteiger partial charge is 0.248 e. The number of nitrogens with one attached hydrogen (secondary N) is 2. The van der Waals surface area contributed by atoms with Gasteiger partial charge in [0, 0.05) is 17.8 Å². The van der Waals surface area contributed by atoms with Gasteiger partial charge in [-0.05, 0) is 60.6 Å². The van der Waals surface area contributed by atoms with Crippen LogP contribution in [0.25, 0.3) is 6.08 Å². The minimum absolute atomic E-state index is 0.145. The molecule has 0 heterocycles. The molecule has 8 heteroatoms. The third-order valence-corrected chi connectivity index (χ3v) is 5.71. The first-order valence-electron chi connectivity index (χ1n) is 9.36. The molecule has 3 rings (SSSR count). The molecule has 0 aliphatic heterocycles. The van der Waals surface area contributed by atoms with Gasteiger partial charge in [-0.15, -0.1) is 0 Å². The van der Waals surface area contributed by atoms with Crippen molar-refractivity contribution in [2.45, 2.75) is 11.5 Å². The van der Waals surface area contributed by atoms with E-state index in [1.165, 1.54) is 37.4 Å². The maximum absolute atomic E-state index is 13.2. The zero-order valence-corrected chi connectivity index (χ0v) is 17.5. The lowest BCUT2D eigenvalue weighted by Gasteiger charge is -2.09. The molecule has 0 aliphatic carbocycles. The zero-order valence-electron chi connectivity index (χ0n) is 16.7. The topological polar surface area (TPSA) is 84.5 Å². The van der Waals surface area contributed by atoms with E-state index in [-0.39, 0.29) is 23.2 Å². The van der Waals surface area contributed by atoms with Crippen molar-refractivity contribution >= 4 is 27.7 Å². The highest BCUT2D eigenvalue weighted by atomic mass is 32.2. The monoisotopic (exact) mass is 440 g/mol. The van der Waals surface area contributed by atoms with Gasteiger partial charge in [-0.3, -0.25) is 4.79 Å². The van der Waals surface area contributed by atoms with Gasteiger partial charge in [-0.2, -0.15) is 0 Å². The molecule has 160 valence electrons. The largest absolute Gasteiger partial charge is 0.489 e. The number of anilines is 1. The fourth-order valence-electron chi connectivity index (χ4n) is 2.69. The summed E-state index contributed by atoms with van der Waals surface area (Å²) in [4.78, 5) is 12.3. The quantitative estimate of drug-likeness (QED) is 0.519. The van der Waals surface area contributed by atoms with E-state index in [2.05, 4.69) is 10.0 Å². The van der Waals surface area contributed by atoms with Crippen LogP contribution in [0.15, 0.2) is 83.8 Å². The Hall–Kier alpha value is -3.49. The molecule has 0 radical (unpaired) electrons. The predicted molar refractivity (Wildman–Crippen MR) is 118 cm³/mol. The molecule has 3 aromatic carbocycles. The second-order valence-electron chi connectivity index (χ2n) is 6.55. The van der Waals surface area contributed by atoms with Crippen molar-refractivity contribution in [1.82, 2.24) is 4.72 Å². The summed E-state index contributed by atoms with van der Waals surface area (Å²) in [6, 6.07) is 19.1. The lowest BCUT2D eigenvalue weighted by Crippen LogP contribution is -2.18. The molecule has 2 N–H and O–H groups in total. The predicted octanol–water partition coefficient (Wildman–Crippen LogP) is 3.96. The molecule has 3 aromatic rings. The summed E-state index contributed by atoms with van der Waals surface area (Å²) in [5.74, 6) is -0.145. The molecule has 31 heavy (non-hydrogen) atoms. The van der Waals surface area contributed by atoms with Crippen molar-refractivity contribution in [2.75, 3.05) is 12.4 Å². The molecule has 0 spiro atoms. The van der Waals surface area contributed by atoms with Crippen LogP contribution in [0.1, 0.15) is 11.1 Å². The Kier molecular flexibility index (Phi) is 7.17. The fraction of sp³-hybridized carbons (Fsp3) is 0.0870. The van der Waals surface area contributed by atoms with Gasteiger partial charge in [0.25, 0.3) is 0 Å². The highest BCUT2D eigenvalue weighted by molar-refractivity contribution is 7.89. The number of carbonyl (C=O) groups excluding carboxylic acids is 1. The van der Waals surface area contributed by atoms with Crippen LogP contribution in [-0.2, 0) is 21.4 Å². The summed E-state index contributed by atoms with van der Waals surface area (Å²) < 4.78 is 44.6. The number of hydrogen-bond donors (Lipinski definition) is 2. The number of rotatable bonds is 8. The Morgan fingerprint density at radius 3 is 2.48 bits per heavy atom. The lowest BCUT2D eigenvalue weighted by molar-refractivity contribution is -0.111. The number of hydrogen-bond acceptors (Lipinski definition) is 4. The van der Waals surface area contributed by atoms with Crippen LogP contribution in [0.2, 0.25) is 0 Å². The number of sulfonamides is 1. The van der Waals surface area contributed by atoms with Crippen molar-refractivity contribution in [1.29, 1.82) is 0 Å². The maximum Gasteiger partial charge on any atom is 0.248 e. The Labute approximate surface area is 180 Å².